The molecule has 0 rings (SSSR count). The first kappa shape index (κ1) is 9.31. The summed E-state index contributed by atoms with van der Waals surface area (Å²) in [6.07, 6.45) is 1.63. The molecule has 0 atom stereocenters. The molecule has 0 saturated carbocycles. The first-order valence-corrected chi connectivity index (χ1v) is 3.21. The van der Waals surface area contributed by atoms with Gasteiger partial charge in [0.25, 0.3) is 0 Å². The lowest BCUT2D eigenvalue weighted by Gasteiger charge is -2.03. The maximum atomic E-state index is 5.50. The van der Waals surface area contributed by atoms with Crippen LogP contribution in [0.25, 0.3) is 0 Å². The summed E-state index contributed by atoms with van der Waals surface area (Å²) in [5.74, 6) is 0.667. The zero-order valence-corrected chi connectivity index (χ0v) is 7.03. The van der Waals surface area contributed by atoms with E-state index in [0.717, 1.165) is 5.57 Å². The molecule has 0 fully saturated rings. The van der Waals surface area contributed by atoms with Crippen LogP contribution in [0, 0.1) is 0 Å². The van der Waals surface area contributed by atoms with E-state index in [4.69, 9.17) is 16.3 Å². The van der Waals surface area contributed by atoms with Gasteiger partial charge < -0.3 is 4.74 Å². The van der Waals surface area contributed by atoms with Gasteiger partial charge in [-0.1, -0.05) is 24.8 Å². The highest BCUT2D eigenvalue weighted by Crippen LogP contribution is 2.11. The Morgan fingerprint density at radius 3 is 2.10 bits per heavy atom. The maximum Gasteiger partial charge on any atom is 0.122 e. The Bertz CT molecular complexity index is 180. The van der Waals surface area contributed by atoms with Crippen LogP contribution in [0.2, 0.25) is 0 Å². The molecule has 10 heavy (non-hydrogen) atoms. The Morgan fingerprint density at radius 2 is 2.00 bits per heavy atom. The summed E-state index contributed by atoms with van der Waals surface area (Å²) in [6, 6.07) is 0. The number of rotatable bonds is 3. The fourth-order valence-corrected chi connectivity index (χ4v) is 0.598. The second kappa shape index (κ2) is 4.18. The highest BCUT2D eigenvalue weighted by molar-refractivity contribution is 6.30. The zero-order valence-electron chi connectivity index (χ0n) is 6.28. The molecule has 0 N–H and O–H groups in total. The molecule has 2 heteroatoms. The standard InChI is InChI=1S/C8H11ClO/c1-6(2)8(10-4)5-7(3)9/h5H,1,3H2,2,4H3/b8-5+. The van der Waals surface area contributed by atoms with Crippen LogP contribution in [-0.4, -0.2) is 7.11 Å². The number of hydrogen-bond acceptors (Lipinski definition) is 1. The van der Waals surface area contributed by atoms with Crippen molar-refractivity contribution in [2.75, 3.05) is 7.11 Å². The molecule has 0 saturated heterocycles. The Kier molecular flexibility index (Phi) is 3.89. The second-order valence-electron chi connectivity index (χ2n) is 1.94. The summed E-state index contributed by atoms with van der Waals surface area (Å²) >= 11 is 5.50. The van der Waals surface area contributed by atoms with Crippen LogP contribution in [0.4, 0.5) is 0 Å². The molecule has 0 aromatic heterocycles. The van der Waals surface area contributed by atoms with Crippen LogP contribution in [0.15, 0.2) is 35.6 Å². The van der Waals surface area contributed by atoms with Crippen molar-refractivity contribution in [1.29, 1.82) is 0 Å². The van der Waals surface area contributed by atoms with Gasteiger partial charge in [0.1, 0.15) is 5.76 Å². The van der Waals surface area contributed by atoms with Gasteiger partial charge in [-0.15, -0.1) is 0 Å². The molecule has 0 aromatic rings. The van der Waals surface area contributed by atoms with E-state index in [-0.39, 0.29) is 0 Å². The molecule has 56 valence electrons. The first-order chi connectivity index (χ1) is 4.57. The van der Waals surface area contributed by atoms with Crippen LogP contribution in [0.3, 0.4) is 0 Å². The molecule has 0 amide bonds. The summed E-state index contributed by atoms with van der Waals surface area (Å²) in [6.45, 7) is 9.02. The minimum absolute atomic E-state index is 0.444. The highest BCUT2D eigenvalue weighted by Gasteiger charge is 1.95. The molecule has 0 aromatic carbocycles. The summed E-state index contributed by atoms with van der Waals surface area (Å²) < 4.78 is 4.94. The van der Waals surface area contributed by atoms with Crippen LogP contribution in [0.5, 0.6) is 0 Å². The fourth-order valence-electron chi connectivity index (χ4n) is 0.499. The van der Waals surface area contributed by atoms with Crippen molar-refractivity contribution < 1.29 is 4.74 Å². The molecule has 0 aliphatic rings. The summed E-state index contributed by atoms with van der Waals surface area (Å²) in [7, 11) is 1.57. The third-order valence-electron chi connectivity index (χ3n) is 0.928. The van der Waals surface area contributed by atoms with E-state index in [0.29, 0.717) is 10.8 Å². The average Bonchev–Trinajstić information content (AvgIpc) is 1.81. The van der Waals surface area contributed by atoms with Crippen molar-refractivity contribution in [2.24, 2.45) is 0 Å². The van der Waals surface area contributed by atoms with E-state index >= 15 is 0 Å². The monoisotopic (exact) mass is 158 g/mol. The molecular formula is C8H11ClO. The predicted molar refractivity (Wildman–Crippen MR) is 44.9 cm³/mol. The van der Waals surface area contributed by atoms with Crippen molar-refractivity contribution in [3.8, 4) is 0 Å². The Hall–Kier alpha value is -0.690. The first-order valence-electron chi connectivity index (χ1n) is 2.84. The minimum atomic E-state index is 0.444. The molecule has 1 nitrogen and oxygen atoms in total. The van der Waals surface area contributed by atoms with Gasteiger partial charge in [-0.3, -0.25) is 0 Å². The van der Waals surface area contributed by atoms with E-state index in [2.05, 4.69) is 13.2 Å². The van der Waals surface area contributed by atoms with Crippen LogP contribution < -0.4 is 0 Å². The Morgan fingerprint density at radius 1 is 1.50 bits per heavy atom. The van der Waals surface area contributed by atoms with Gasteiger partial charge in [0.15, 0.2) is 0 Å². The largest absolute Gasteiger partial charge is 0.496 e. The van der Waals surface area contributed by atoms with E-state index < -0.39 is 0 Å². The highest BCUT2D eigenvalue weighted by atomic mass is 35.5. The number of halogens is 1. The molecule has 0 bridgehead atoms. The molecular weight excluding hydrogens is 148 g/mol. The number of allylic oxidation sites excluding steroid dienone is 3. The summed E-state index contributed by atoms with van der Waals surface area (Å²) in [5, 5.41) is 0.444. The van der Waals surface area contributed by atoms with Gasteiger partial charge in [0.2, 0.25) is 0 Å². The summed E-state index contributed by atoms with van der Waals surface area (Å²) in [4.78, 5) is 0. The van der Waals surface area contributed by atoms with Gasteiger partial charge in [0, 0.05) is 5.03 Å². The SMILES string of the molecule is C=C(Cl)/C=C(/OC)C(=C)C. The number of methoxy groups -OCH3 is 1. The lowest BCUT2D eigenvalue weighted by Crippen LogP contribution is -1.86. The quantitative estimate of drug-likeness (QED) is 0.454. The molecule has 0 aliphatic heterocycles. The lowest BCUT2D eigenvalue weighted by atomic mass is 10.3. The van der Waals surface area contributed by atoms with Crippen molar-refractivity contribution >= 4 is 11.6 Å². The summed E-state index contributed by atoms with van der Waals surface area (Å²) in [5.41, 5.74) is 0.837. The third kappa shape index (κ3) is 3.36. The second-order valence-corrected chi connectivity index (χ2v) is 2.43. The number of hydrogen-bond donors (Lipinski definition) is 0. The normalized spacial score (nSPS) is 10.9. The Labute approximate surface area is 66.6 Å². The van der Waals surface area contributed by atoms with E-state index in [1.165, 1.54) is 0 Å². The van der Waals surface area contributed by atoms with Gasteiger partial charge in [0.05, 0.1) is 7.11 Å². The maximum absolute atomic E-state index is 5.50. The fraction of sp³-hybridized carbons (Fsp3) is 0.250. The average molecular weight is 159 g/mol. The topological polar surface area (TPSA) is 9.23 Å². The van der Waals surface area contributed by atoms with Crippen LogP contribution in [0.1, 0.15) is 6.92 Å². The smallest absolute Gasteiger partial charge is 0.122 e. The van der Waals surface area contributed by atoms with E-state index in [1.54, 1.807) is 13.2 Å². The van der Waals surface area contributed by atoms with E-state index in [1.807, 2.05) is 6.92 Å². The van der Waals surface area contributed by atoms with Gasteiger partial charge in [-0.25, -0.2) is 0 Å². The molecule has 0 heterocycles. The van der Waals surface area contributed by atoms with Crippen LogP contribution in [-0.2, 0) is 4.74 Å². The third-order valence-corrected chi connectivity index (χ3v) is 1.04. The van der Waals surface area contributed by atoms with Crippen molar-refractivity contribution in [3.05, 3.63) is 35.6 Å². The van der Waals surface area contributed by atoms with Crippen molar-refractivity contribution in [3.63, 3.8) is 0 Å². The minimum Gasteiger partial charge on any atom is -0.496 e. The zero-order chi connectivity index (χ0) is 8.15. The molecule has 0 spiro atoms. The predicted octanol–water partition coefficient (Wildman–Crippen LogP) is 2.85. The molecule has 0 radical (unpaired) electrons. The van der Waals surface area contributed by atoms with Gasteiger partial charge in [-0.2, -0.15) is 0 Å². The lowest BCUT2D eigenvalue weighted by molar-refractivity contribution is 0.301. The van der Waals surface area contributed by atoms with E-state index in [9.17, 15) is 0 Å². The number of ether oxygens (including phenoxy) is 1. The van der Waals surface area contributed by atoms with Crippen molar-refractivity contribution in [1.82, 2.24) is 0 Å². The molecule has 0 unspecified atom stereocenters. The molecule has 0 aliphatic carbocycles. The Balaban J connectivity index is 4.34. The van der Waals surface area contributed by atoms with Gasteiger partial charge >= 0.3 is 0 Å². The van der Waals surface area contributed by atoms with Gasteiger partial charge in [-0.05, 0) is 18.6 Å². The van der Waals surface area contributed by atoms with Crippen LogP contribution >= 0.6 is 11.6 Å². The van der Waals surface area contributed by atoms with Crippen molar-refractivity contribution in [2.45, 2.75) is 6.92 Å².